The SMILES string of the molecule is CN(C)S(=O)(=O)N1CCC(CNc2nccc3ccccc23)(c2ccccc2)CC1. The summed E-state index contributed by atoms with van der Waals surface area (Å²) < 4.78 is 28.0. The molecule has 1 aromatic heterocycles. The van der Waals surface area contributed by atoms with Crippen LogP contribution in [0.25, 0.3) is 10.8 Å². The summed E-state index contributed by atoms with van der Waals surface area (Å²) in [7, 11) is -0.223. The van der Waals surface area contributed by atoms with E-state index in [4.69, 9.17) is 0 Å². The maximum atomic E-state index is 12.6. The zero-order valence-electron chi connectivity index (χ0n) is 17.5. The first kappa shape index (κ1) is 20.8. The zero-order valence-corrected chi connectivity index (χ0v) is 18.3. The lowest BCUT2D eigenvalue weighted by Gasteiger charge is -2.42. The zero-order chi connectivity index (χ0) is 21.2. The van der Waals surface area contributed by atoms with Crippen molar-refractivity contribution in [3.8, 4) is 0 Å². The number of rotatable bonds is 6. The Morgan fingerprint density at radius 1 is 1.00 bits per heavy atom. The lowest BCUT2D eigenvalue weighted by atomic mass is 9.73. The molecule has 6 nitrogen and oxygen atoms in total. The van der Waals surface area contributed by atoms with Crippen molar-refractivity contribution in [3.05, 3.63) is 72.4 Å². The van der Waals surface area contributed by atoms with Gasteiger partial charge < -0.3 is 5.32 Å². The van der Waals surface area contributed by atoms with E-state index in [1.54, 1.807) is 18.4 Å². The summed E-state index contributed by atoms with van der Waals surface area (Å²) in [6, 6.07) is 20.6. The van der Waals surface area contributed by atoms with Crippen molar-refractivity contribution >= 4 is 26.8 Å². The third kappa shape index (κ3) is 3.93. The van der Waals surface area contributed by atoms with Gasteiger partial charge in [0.2, 0.25) is 0 Å². The van der Waals surface area contributed by atoms with Crippen LogP contribution in [-0.4, -0.2) is 55.7 Å². The van der Waals surface area contributed by atoms with Crippen molar-refractivity contribution in [3.63, 3.8) is 0 Å². The predicted octanol–water partition coefficient (Wildman–Crippen LogP) is 3.49. The minimum atomic E-state index is -3.39. The molecule has 0 bridgehead atoms. The fraction of sp³-hybridized carbons (Fsp3) is 0.348. The number of nitrogens with zero attached hydrogens (tertiary/aromatic N) is 3. The molecular weight excluding hydrogens is 396 g/mol. The molecule has 7 heteroatoms. The van der Waals surface area contributed by atoms with Crippen LogP contribution in [0.1, 0.15) is 18.4 Å². The molecule has 2 heterocycles. The van der Waals surface area contributed by atoms with Crippen LogP contribution >= 0.6 is 0 Å². The largest absolute Gasteiger partial charge is 0.369 e. The standard InChI is InChI=1S/C23H28N4O2S/c1-26(2)30(28,29)27-16-13-23(14-17-27,20-9-4-3-5-10-20)18-25-22-21-11-7-6-8-19(21)12-15-24-22/h3-12,15H,13-14,16-18H2,1-2H3,(H,24,25). The highest BCUT2D eigenvalue weighted by Gasteiger charge is 2.40. The summed E-state index contributed by atoms with van der Waals surface area (Å²) in [5.74, 6) is 0.867. The van der Waals surface area contributed by atoms with Crippen LogP contribution in [0.3, 0.4) is 0 Å². The van der Waals surface area contributed by atoms with Crippen molar-refractivity contribution in [2.45, 2.75) is 18.3 Å². The molecule has 4 rings (SSSR count). The van der Waals surface area contributed by atoms with Crippen LogP contribution in [0.2, 0.25) is 0 Å². The fourth-order valence-electron chi connectivity index (χ4n) is 4.25. The summed E-state index contributed by atoms with van der Waals surface area (Å²) in [6.07, 6.45) is 3.33. The van der Waals surface area contributed by atoms with Crippen molar-refractivity contribution in [2.75, 3.05) is 39.0 Å². The summed E-state index contributed by atoms with van der Waals surface area (Å²) in [5.41, 5.74) is 1.08. The lowest BCUT2D eigenvalue weighted by molar-refractivity contribution is 0.234. The minimum absolute atomic E-state index is 0.155. The number of anilines is 1. The van der Waals surface area contributed by atoms with Gasteiger partial charge in [-0.25, -0.2) is 4.98 Å². The van der Waals surface area contributed by atoms with Crippen LogP contribution in [0.15, 0.2) is 66.9 Å². The number of benzene rings is 2. The van der Waals surface area contributed by atoms with E-state index >= 15 is 0 Å². The van der Waals surface area contributed by atoms with E-state index in [-0.39, 0.29) is 5.41 Å². The van der Waals surface area contributed by atoms with Gasteiger partial charge in [-0.15, -0.1) is 0 Å². The average Bonchev–Trinajstić information content (AvgIpc) is 2.78. The predicted molar refractivity (Wildman–Crippen MR) is 122 cm³/mol. The van der Waals surface area contributed by atoms with Gasteiger partial charge in [0, 0.05) is 50.7 Å². The topological polar surface area (TPSA) is 65.5 Å². The highest BCUT2D eigenvalue weighted by Crippen LogP contribution is 2.37. The Labute approximate surface area is 178 Å². The average molecular weight is 425 g/mol. The number of hydrogen-bond acceptors (Lipinski definition) is 4. The number of hydrogen-bond donors (Lipinski definition) is 1. The fourth-order valence-corrected chi connectivity index (χ4v) is 5.35. The second-order valence-corrected chi connectivity index (χ2v) is 10.2. The molecule has 158 valence electrons. The van der Waals surface area contributed by atoms with Gasteiger partial charge in [-0.2, -0.15) is 17.0 Å². The summed E-state index contributed by atoms with van der Waals surface area (Å²) in [5, 5.41) is 5.83. The van der Waals surface area contributed by atoms with Crippen molar-refractivity contribution in [1.82, 2.24) is 13.6 Å². The van der Waals surface area contributed by atoms with Crippen LogP contribution < -0.4 is 5.32 Å². The first-order valence-corrected chi connectivity index (χ1v) is 11.6. The molecule has 1 saturated heterocycles. The molecular formula is C23H28N4O2S. The summed E-state index contributed by atoms with van der Waals surface area (Å²) in [6.45, 7) is 1.70. The number of nitrogens with one attached hydrogen (secondary N) is 1. The third-order valence-electron chi connectivity index (χ3n) is 6.12. The van der Waals surface area contributed by atoms with Gasteiger partial charge in [0.05, 0.1) is 0 Å². The number of aromatic nitrogens is 1. The maximum absolute atomic E-state index is 12.6. The molecule has 0 spiro atoms. The Hall–Kier alpha value is -2.48. The number of pyridine rings is 1. The van der Waals surface area contributed by atoms with E-state index < -0.39 is 10.2 Å². The molecule has 0 atom stereocenters. The molecule has 0 saturated carbocycles. The summed E-state index contributed by atoms with van der Waals surface area (Å²) in [4.78, 5) is 4.57. The first-order chi connectivity index (χ1) is 14.4. The van der Waals surface area contributed by atoms with Gasteiger partial charge in [0.25, 0.3) is 10.2 Å². The maximum Gasteiger partial charge on any atom is 0.281 e. The first-order valence-electron chi connectivity index (χ1n) is 10.2. The van der Waals surface area contributed by atoms with Crippen molar-refractivity contribution in [2.24, 2.45) is 0 Å². The Morgan fingerprint density at radius 3 is 2.37 bits per heavy atom. The van der Waals surface area contributed by atoms with Gasteiger partial charge in [-0.05, 0) is 29.9 Å². The molecule has 0 unspecified atom stereocenters. The van der Waals surface area contributed by atoms with Gasteiger partial charge in [-0.3, -0.25) is 0 Å². The molecule has 2 aromatic carbocycles. The minimum Gasteiger partial charge on any atom is -0.369 e. The Kier molecular flexibility index (Phi) is 5.77. The van der Waals surface area contributed by atoms with Gasteiger partial charge in [0.15, 0.2) is 0 Å². The highest BCUT2D eigenvalue weighted by molar-refractivity contribution is 7.86. The van der Waals surface area contributed by atoms with E-state index in [0.29, 0.717) is 19.6 Å². The molecule has 0 amide bonds. The monoisotopic (exact) mass is 424 g/mol. The second-order valence-electron chi connectivity index (χ2n) is 8.07. The highest BCUT2D eigenvalue weighted by atomic mass is 32.2. The third-order valence-corrected chi connectivity index (χ3v) is 8.06. The molecule has 30 heavy (non-hydrogen) atoms. The van der Waals surface area contributed by atoms with Gasteiger partial charge >= 0.3 is 0 Å². The molecule has 3 aromatic rings. The summed E-state index contributed by atoms with van der Waals surface area (Å²) >= 11 is 0. The van der Waals surface area contributed by atoms with Crippen molar-refractivity contribution in [1.29, 1.82) is 0 Å². The van der Waals surface area contributed by atoms with E-state index in [0.717, 1.165) is 29.4 Å². The Bertz CT molecular complexity index is 1100. The molecule has 1 aliphatic heterocycles. The Morgan fingerprint density at radius 2 is 1.67 bits per heavy atom. The molecule has 0 radical (unpaired) electrons. The van der Waals surface area contributed by atoms with E-state index in [2.05, 4.69) is 46.7 Å². The van der Waals surface area contributed by atoms with Gasteiger partial charge in [0.1, 0.15) is 5.82 Å². The molecule has 1 aliphatic rings. The van der Waals surface area contributed by atoms with E-state index in [1.165, 1.54) is 9.87 Å². The van der Waals surface area contributed by atoms with Crippen molar-refractivity contribution < 1.29 is 8.42 Å². The molecule has 1 fully saturated rings. The smallest absolute Gasteiger partial charge is 0.281 e. The van der Waals surface area contributed by atoms with Crippen LogP contribution in [0.5, 0.6) is 0 Å². The molecule has 1 N–H and O–H groups in total. The normalized spacial score (nSPS) is 17.3. The second kappa shape index (κ2) is 8.34. The number of fused-ring (bicyclic) bond motifs is 1. The van der Waals surface area contributed by atoms with Gasteiger partial charge in [-0.1, -0.05) is 54.6 Å². The lowest BCUT2D eigenvalue weighted by Crippen LogP contribution is -2.50. The van der Waals surface area contributed by atoms with Crippen LogP contribution in [-0.2, 0) is 15.6 Å². The van der Waals surface area contributed by atoms with Crippen LogP contribution in [0.4, 0.5) is 5.82 Å². The van der Waals surface area contributed by atoms with E-state index in [1.807, 2.05) is 30.5 Å². The number of piperidine rings is 1. The quantitative estimate of drug-likeness (QED) is 0.658. The van der Waals surface area contributed by atoms with E-state index in [9.17, 15) is 8.42 Å². The molecule has 0 aliphatic carbocycles. The Balaban J connectivity index is 1.60. The van der Waals surface area contributed by atoms with Crippen LogP contribution in [0, 0.1) is 0 Å².